The molecule has 0 atom stereocenters. The van der Waals surface area contributed by atoms with Crippen molar-refractivity contribution in [2.75, 3.05) is 33.5 Å². The second-order valence-corrected chi connectivity index (χ2v) is 5.73. The summed E-state index contributed by atoms with van der Waals surface area (Å²) in [5.41, 5.74) is 5.16. The number of rotatable bonds is 9. The summed E-state index contributed by atoms with van der Waals surface area (Å²) in [5, 5.41) is 8.52. The van der Waals surface area contributed by atoms with Crippen LogP contribution in [0.1, 0.15) is 10.4 Å². The van der Waals surface area contributed by atoms with Gasteiger partial charge in [0.05, 0.1) is 37.4 Å². The van der Waals surface area contributed by atoms with Gasteiger partial charge >= 0.3 is 0 Å². The quantitative estimate of drug-likeness (QED) is 0.505. The molecule has 0 spiro atoms. The number of nitrogens with one attached hydrogen (secondary N) is 1. The number of aliphatic hydroxyl groups is 1. The Labute approximate surface area is 122 Å². The van der Waals surface area contributed by atoms with Gasteiger partial charge in [0.2, 0.25) is 10.0 Å². The van der Waals surface area contributed by atoms with Crippen molar-refractivity contribution in [1.82, 2.24) is 4.72 Å². The summed E-state index contributed by atoms with van der Waals surface area (Å²) in [4.78, 5) is 11.2. The Kier molecular flexibility index (Phi) is 6.56. The highest BCUT2D eigenvalue weighted by atomic mass is 32.2. The molecule has 0 aromatic heterocycles. The molecule has 0 bridgehead atoms. The molecule has 0 aliphatic carbocycles. The van der Waals surface area contributed by atoms with Crippen LogP contribution in [0.2, 0.25) is 0 Å². The Balaban J connectivity index is 2.83. The zero-order valence-electron chi connectivity index (χ0n) is 11.5. The first-order chi connectivity index (χ1) is 9.92. The van der Waals surface area contributed by atoms with Crippen LogP contribution in [-0.4, -0.2) is 52.9 Å². The summed E-state index contributed by atoms with van der Waals surface area (Å²) >= 11 is 0. The number of benzene rings is 1. The topological polar surface area (TPSA) is 128 Å². The fourth-order valence-electron chi connectivity index (χ4n) is 1.54. The first-order valence-electron chi connectivity index (χ1n) is 6.08. The van der Waals surface area contributed by atoms with E-state index in [0.29, 0.717) is 0 Å². The van der Waals surface area contributed by atoms with Crippen molar-refractivity contribution in [1.29, 1.82) is 0 Å². The number of primary amides is 1. The van der Waals surface area contributed by atoms with E-state index < -0.39 is 15.9 Å². The van der Waals surface area contributed by atoms with Crippen molar-refractivity contribution in [3.05, 3.63) is 23.8 Å². The first kappa shape index (κ1) is 17.4. The van der Waals surface area contributed by atoms with E-state index in [-0.39, 0.29) is 42.6 Å². The van der Waals surface area contributed by atoms with Crippen LogP contribution in [0.4, 0.5) is 0 Å². The van der Waals surface area contributed by atoms with Crippen LogP contribution in [0.15, 0.2) is 23.1 Å². The van der Waals surface area contributed by atoms with Gasteiger partial charge in [0, 0.05) is 6.54 Å². The molecule has 0 aliphatic rings. The smallest absolute Gasteiger partial charge is 0.252 e. The number of methoxy groups -OCH3 is 1. The number of carbonyl (C=O) groups excluding carboxylic acids is 1. The van der Waals surface area contributed by atoms with Crippen LogP contribution in [-0.2, 0) is 14.8 Å². The van der Waals surface area contributed by atoms with Crippen LogP contribution in [0.3, 0.4) is 0 Å². The lowest BCUT2D eigenvalue weighted by Gasteiger charge is -2.10. The molecule has 1 rings (SSSR count). The molecule has 9 heteroatoms. The van der Waals surface area contributed by atoms with Crippen molar-refractivity contribution in [3.8, 4) is 5.75 Å². The van der Waals surface area contributed by atoms with Gasteiger partial charge in [-0.3, -0.25) is 4.79 Å². The van der Waals surface area contributed by atoms with E-state index >= 15 is 0 Å². The van der Waals surface area contributed by atoms with Gasteiger partial charge < -0.3 is 20.3 Å². The Morgan fingerprint density at radius 1 is 1.38 bits per heavy atom. The van der Waals surface area contributed by atoms with E-state index in [2.05, 4.69) is 4.72 Å². The third kappa shape index (κ3) is 4.97. The molecule has 21 heavy (non-hydrogen) atoms. The minimum absolute atomic E-state index is 0.0168. The maximum atomic E-state index is 12.0. The van der Waals surface area contributed by atoms with Crippen molar-refractivity contribution >= 4 is 15.9 Å². The lowest BCUT2D eigenvalue weighted by molar-refractivity contribution is 0.0961. The fraction of sp³-hybridized carbons (Fsp3) is 0.417. The van der Waals surface area contributed by atoms with E-state index in [9.17, 15) is 13.2 Å². The minimum atomic E-state index is -3.78. The average molecular weight is 318 g/mol. The second kappa shape index (κ2) is 7.93. The number of nitrogens with two attached hydrogens (primary N) is 1. The Hall–Kier alpha value is -1.68. The predicted molar refractivity (Wildman–Crippen MR) is 74.6 cm³/mol. The Bertz CT molecular complexity index is 587. The number of carbonyl (C=O) groups is 1. The second-order valence-electron chi connectivity index (χ2n) is 3.96. The normalized spacial score (nSPS) is 11.3. The maximum Gasteiger partial charge on any atom is 0.252 e. The minimum Gasteiger partial charge on any atom is -0.496 e. The monoisotopic (exact) mass is 318 g/mol. The van der Waals surface area contributed by atoms with E-state index in [1.165, 1.54) is 19.2 Å². The molecule has 0 fully saturated rings. The summed E-state index contributed by atoms with van der Waals surface area (Å²) in [6.45, 7) is 0.169. The molecule has 0 unspecified atom stereocenters. The van der Waals surface area contributed by atoms with E-state index in [1.807, 2.05) is 0 Å². The number of amides is 1. The fourth-order valence-corrected chi connectivity index (χ4v) is 2.58. The first-order valence-corrected chi connectivity index (χ1v) is 7.57. The van der Waals surface area contributed by atoms with Gasteiger partial charge in [-0.25, -0.2) is 13.1 Å². The number of hydrogen-bond donors (Lipinski definition) is 3. The predicted octanol–water partition coefficient (Wildman–Crippen LogP) is -0.919. The summed E-state index contributed by atoms with van der Waals surface area (Å²) < 4.78 is 36.3. The molecule has 0 radical (unpaired) electrons. The van der Waals surface area contributed by atoms with Crippen molar-refractivity contribution in [2.45, 2.75) is 4.90 Å². The number of sulfonamides is 1. The van der Waals surface area contributed by atoms with Gasteiger partial charge in [0.15, 0.2) is 0 Å². The van der Waals surface area contributed by atoms with Crippen LogP contribution in [0.25, 0.3) is 0 Å². The SMILES string of the molecule is COc1ccc(S(=O)(=O)NCCOCCO)cc1C(N)=O. The summed E-state index contributed by atoms with van der Waals surface area (Å²) in [6, 6.07) is 3.82. The summed E-state index contributed by atoms with van der Waals surface area (Å²) in [6.07, 6.45) is 0. The van der Waals surface area contributed by atoms with Crippen LogP contribution >= 0.6 is 0 Å². The molecule has 4 N–H and O–H groups in total. The lowest BCUT2D eigenvalue weighted by atomic mass is 10.2. The van der Waals surface area contributed by atoms with Crippen molar-refractivity contribution < 1.29 is 27.8 Å². The highest BCUT2D eigenvalue weighted by Gasteiger charge is 2.18. The third-order valence-electron chi connectivity index (χ3n) is 2.52. The number of hydrogen-bond acceptors (Lipinski definition) is 6. The molecule has 1 amide bonds. The van der Waals surface area contributed by atoms with Gasteiger partial charge in [0.1, 0.15) is 5.75 Å². The zero-order chi connectivity index (χ0) is 15.9. The van der Waals surface area contributed by atoms with E-state index in [0.717, 1.165) is 6.07 Å². The van der Waals surface area contributed by atoms with Gasteiger partial charge in [-0.1, -0.05) is 0 Å². The van der Waals surface area contributed by atoms with Crippen LogP contribution in [0.5, 0.6) is 5.75 Å². The molecule has 1 aromatic rings. The average Bonchev–Trinajstić information content (AvgIpc) is 2.46. The van der Waals surface area contributed by atoms with Gasteiger partial charge in [-0.05, 0) is 18.2 Å². The van der Waals surface area contributed by atoms with E-state index in [4.69, 9.17) is 20.3 Å². The molecule has 0 heterocycles. The van der Waals surface area contributed by atoms with Crippen LogP contribution < -0.4 is 15.2 Å². The molecular formula is C12H18N2O6S. The third-order valence-corrected chi connectivity index (χ3v) is 3.98. The highest BCUT2D eigenvalue weighted by molar-refractivity contribution is 7.89. The maximum absolute atomic E-state index is 12.0. The molecule has 0 aliphatic heterocycles. The largest absolute Gasteiger partial charge is 0.496 e. The Morgan fingerprint density at radius 2 is 2.10 bits per heavy atom. The molecule has 0 saturated carbocycles. The summed E-state index contributed by atoms with van der Waals surface area (Å²) in [5.74, 6) is -0.581. The Morgan fingerprint density at radius 3 is 2.67 bits per heavy atom. The lowest BCUT2D eigenvalue weighted by Crippen LogP contribution is -2.28. The highest BCUT2D eigenvalue weighted by Crippen LogP contribution is 2.21. The molecule has 1 aromatic carbocycles. The number of ether oxygens (including phenoxy) is 2. The van der Waals surface area contributed by atoms with Gasteiger partial charge in [0.25, 0.3) is 5.91 Å². The van der Waals surface area contributed by atoms with Gasteiger partial charge in [-0.15, -0.1) is 0 Å². The standard InChI is InChI=1S/C12H18N2O6S/c1-19-11-3-2-9(8-10(11)12(13)16)21(17,18)14-4-6-20-7-5-15/h2-3,8,14-15H,4-7H2,1H3,(H2,13,16). The van der Waals surface area contributed by atoms with Crippen LogP contribution in [0, 0.1) is 0 Å². The number of aliphatic hydroxyl groups excluding tert-OH is 1. The molecule has 0 saturated heterocycles. The molecule has 8 nitrogen and oxygen atoms in total. The van der Waals surface area contributed by atoms with Crippen molar-refractivity contribution in [3.63, 3.8) is 0 Å². The summed E-state index contributed by atoms with van der Waals surface area (Å²) in [7, 11) is -2.43. The van der Waals surface area contributed by atoms with E-state index in [1.54, 1.807) is 0 Å². The van der Waals surface area contributed by atoms with Gasteiger partial charge in [-0.2, -0.15) is 0 Å². The van der Waals surface area contributed by atoms with Crippen molar-refractivity contribution in [2.24, 2.45) is 5.73 Å². The molecule has 118 valence electrons. The zero-order valence-corrected chi connectivity index (χ0v) is 12.4. The molecular weight excluding hydrogens is 300 g/mol.